The number of rotatable bonds is 8. The van der Waals surface area contributed by atoms with Crippen molar-refractivity contribution in [2.45, 2.75) is 52.0 Å². The van der Waals surface area contributed by atoms with Crippen LogP contribution >= 0.6 is 0 Å². The SMILES string of the molecule is CC(C)(C)[Si](C)(C)OCCn1nnc2c(C(N)=O)ncn2c1=O.NC(=O)c1ncn2c(=O)n(CCO)nnc12. The largest absolute Gasteiger partial charge is 0.415 e. The van der Waals surface area contributed by atoms with Gasteiger partial charge in [-0.3, -0.25) is 9.59 Å². The number of nitrogens with zero attached hydrogens (tertiary/aromatic N) is 10. The first-order chi connectivity index (χ1) is 18.2. The van der Waals surface area contributed by atoms with Crippen molar-refractivity contribution in [3.05, 3.63) is 45.0 Å². The number of imidazole rings is 2. The van der Waals surface area contributed by atoms with Crippen molar-refractivity contribution in [3.63, 3.8) is 0 Å². The minimum absolute atomic E-state index is 0.00619. The summed E-state index contributed by atoms with van der Waals surface area (Å²) in [7, 11) is -1.88. The molecule has 18 nitrogen and oxygen atoms in total. The van der Waals surface area contributed by atoms with Crippen molar-refractivity contribution < 1.29 is 19.1 Å². The molecule has 4 heterocycles. The van der Waals surface area contributed by atoms with Gasteiger partial charge in [0.2, 0.25) is 0 Å². The summed E-state index contributed by atoms with van der Waals surface area (Å²) in [5.41, 5.74) is 9.12. The average Bonchev–Trinajstić information content (AvgIpc) is 3.48. The number of hydrogen-bond donors (Lipinski definition) is 3. The second-order valence-corrected chi connectivity index (χ2v) is 14.6. The molecule has 0 saturated carbocycles. The smallest absolute Gasteiger partial charge is 0.353 e. The molecular weight excluding hydrogens is 532 g/mol. The summed E-state index contributed by atoms with van der Waals surface area (Å²) in [6.07, 6.45) is 2.36. The summed E-state index contributed by atoms with van der Waals surface area (Å²) in [5, 5.41) is 23.6. The van der Waals surface area contributed by atoms with Crippen LogP contribution in [0.3, 0.4) is 0 Å². The van der Waals surface area contributed by atoms with Gasteiger partial charge < -0.3 is 21.0 Å². The lowest BCUT2D eigenvalue weighted by Gasteiger charge is -2.36. The van der Waals surface area contributed by atoms with E-state index in [-0.39, 0.29) is 47.4 Å². The van der Waals surface area contributed by atoms with Gasteiger partial charge in [-0.2, -0.15) is 9.36 Å². The van der Waals surface area contributed by atoms with Gasteiger partial charge in [0.1, 0.15) is 12.7 Å². The Labute approximate surface area is 221 Å². The fourth-order valence-electron chi connectivity index (χ4n) is 3.00. The molecule has 0 fully saturated rings. The average molecular weight is 563 g/mol. The van der Waals surface area contributed by atoms with E-state index in [1.165, 1.54) is 11.0 Å². The van der Waals surface area contributed by atoms with Gasteiger partial charge in [-0.05, 0) is 18.1 Å². The van der Waals surface area contributed by atoms with Crippen LogP contribution in [0.25, 0.3) is 11.3 Å². The summed E-state index contributed by atoms with van der Waals surface area (Å²) in [6, 6.07) is 0. The van der Waals surface area contributed by atoms with E-state index in [9.17, 15) is 19.2 Å². The Balaban J connectivity index is 0.000000230. The lowest BCUT2D eigenvalue weighted by molar-refractivity contribution is 0.0989. The van der Waals surface area contributed by atoms with Crippen molar-refractivity contribution in [1.82, 2.24) is 48.8 Å². The number of carbonyl (C=O) groups excluding carboxylic acids is 2. The lowest BCUT2D eigenvalue weighted by Crippen LogP contribution is -2.42. The number of aliphatic hydroxyl groups excluding tert-OH is 1. The van der Waals surface area contributed by atoms with Crippen LogP contribution in [-0.4, -0.2) is 87.2 Å². The van der Waals surface area contributed by atoms with Crippen LogP contribution < -0.4 is 22.8 Å². The van der Waals surface area contributed by atoms with Gasteiger partial charge in [0.15, 0.2) is 31.0 Å². The van der Waals surface area contributed by atoms with Gasteiger partial charge in [0, 0.05) is 0 Å². The van der Waals surface area contributed by atoms with E-state index < -0.39 is 31.5 Å². The molecule has 210 valence electrons. The highest BCUT2D eigenvalue weighted by atomic mass is 28.4. The summed E-state index contributed by atoms with van der Waals surface area (Å²) >= 11 is 0. The predicted octanol–water partition coefficient (Wildman–Crippen LogP) is -2.22. The number of hydrogen-bond acceptors (Lipinski definition) is 12. The molecule has 4 rings (SSSR count). The first-order valence-corrected chi connectivity index (χ1v) is 14.6. The molecule has 0 aliphatic heterocycles. The van der Waals surface area contributed by atoms with Gasteiger partial charge in [-0.1, -0.05) is 31.2 Å². The number of aromatic nitrogens is 10. The van der Waals surface area contributed by atoms with Crippen LogP contribution in [0.2, 0.25) is 18.1 Å². The molecule has 19 heteroatoms. The summed E-state index contributed by atoms with van der Waals surface area (Å²) in [6.45, 7) is 11.1. The zero-order valence-corrected chi connectivity index (χ0v) is 23.1. The molecule has 0 aliphatic carbocycles. The molecule has 0 unspecified atom stereocenters. The molecule has 4 aromatic rings. The third-order valence-corrected chi connectivity index (χ3v) is 10.7. The zero-order valence-electron chi connectivity index (χ0n) is 22.1. The molecule has 0 aromatic carbocycles. The maximum absolute atomic E-state index is 12.3. The van der Waals surface area contributed by atoms with Crippen molar-refractivity contribution in [1.29, 1.82) is 0 Å². The van der Waals surface area contributed by atoms with E-state index in [1.807, 2.05) is 0 Å². The Morgan fingerprint density at radius 1 is 0.897 bits per heavy atom. The Bertz CT molecular complexity index is 1630. The van der Waals surface area contributed by atoms with Crippen LogP contribution in [0, 0.1) is 0 Å². The second kappa shape index (κ2) is 11.2. The molecule has 0 radical (unpaired) electrons. The van der Waals surface area contributed by atoms with E-state index >= 15 is 0 Å². The molecule has 5 N–H and O–H groups in total. The molecule has 0 bridgehead atoms. The Morgan fingerprint density at radius 2 is 1.33 bits per heavy atom. The van der Waals surface area contributed by atoms with Crippen molar-refractivity contribution in [3.8, 4) is 0 Å². The third-order valence-electron chi connectivity index (χ3n) is 6.18. The first-order valence-electron chi connectivity index (χ1n) is 11.7. The highest BCUT2D eigenvalue weighted by Crippen LogP contribution is 2.36. The zero-order chi connectivity index (χ0) is 29.1. The fourth-order valence-corrected chi connectivity index (χ4v) is 4.03. The van der Waals surface area contributed by atoms with Gasteiger partial charge >= 0.3 is 11.4 Å². The molecule has 2 amide bonds. The third kappa shape index (κ3) is 6.04. The van der Waals surface area contributed by atoms with Crippen molar-refractivity contribution >= 4 is 31.4 Å². The van der Waals surface area contributed by atoms with Crippen molar-refractivity contribution in [2.75, 3.05) is 13.2 Å². The summed E-state index contributed by atoms with van der Waals surface area (Å²) in [5.74, 6) is -1.53. The minimum Gasteiger partial charge on any atom is -0.415 e. The Hall–Kier alpha value is -4.36. The van der Waals surface area contributed by atoms with Gasteiger partial charge in [-0.25, -0.2) is 28.4 Å². The number of primary amides is 2. The molecule has 0 spiro atoms. The van der Waals surface area contributed by atoms with Crippen molar-refractivity contribution in [2.24, 2.45) is 11.5 Å². The predicted molar refractivity (Wildman–Crippen MR) is 137 cm³/mol. The molecule has 39 heavy (non-hydrogen) atoms. The van der Waals surface area contributed by atoms with Crippen LogP contribution in [-0.2, 0) is 17.5 Å². The molecule has 0 saturated heterocycles. The first kappa shape index (κ1) is 29.2. The molecular formula is C20H30N12O6Si. The van der Waals surface area contributed by atoms with Gasteiger partial charge in [-0.15, -0.1) is 10.2 Å². The summed E-state index contributed by atoms with van der Waals surface area (Å²) < 4.78 is 10.4. The molecule has 0 atom stereocenters. The highest BCUT2D eigenvalue weighted by Gasteiger charge is 2.37. The van der Waals surface area contributed by atoms with Gasteiger partial charge in [0.05, 0.1) is 26.3 Å². The minimum atomic E-state index is -1.88. The van der Waals surface area contributed by atoms with E-state index in [4.69, 9.17) is 21.0 Å². The summed E-state index contributed by atoms with van der Waals surface area (Å²) in [4.78, 5) is 53.6. The molecule has 4 aromatic heterocycles. The fraction of sp³-hybridized carbons (Fsp3) is 0.500. The maximum atomic E-state index is 12.3. The van der Waals surface area contributed by atoms with Crippen LogP contribution in [0.15, 0.2) is 22.2 Å². The van der Waals surface area contributed by atoms with E-state index in [1.54, 1.807) is 0 Å². The number of carbonyl (C=O) groups is 2. The Kier molecular flexibility index (Phi) is 8.36. The normalized spacial score (nSPS) is 11.9. The molecule has 0 aliphatic rings. The second-order valence-electron chi connectivity index (χ2n) is 9.82. The highest BCUT2D eigenvalue weighted by molar-refractivity contribution is 6.74. The van der Waals surface area contributed by atoms with E-state index in [0.717, 1.165) is 19.8 Å². The Morgan fingerprint density at radius 3 is 1.72 bits per heavy atom. The van der Waals surface area contributed by atoms with E-state index in [0.29, 0.717) is 6.61 Å². The number of amides is 2. The van der Waals surface area contributed by atoms with Crippen LogP contribution in [0.4, 0.5) is 0 Å². The van der Waals surface area contributed by atoms with Crippen LogP contribution in [0.1, 0.15) is 41.7 Å². The van der Waals surface area contributed by atoms with Gasteiger partial charge in [0.25, 0.3) is 11.8 Å². The van der Waals surface area contributed by atoms with Crippen LogP contribution in [0.5, 0.6) is 0 Å². The van der Waals surface area contributed by atoms with E-state index in [2.05, 4.69) is 64.5 Å². The lowest BCUT2D eigenvalue weighted by atomic mass is 10.2. The number of nitrogens with two attached hydrogens (primary N) is 2. The standard InChI is InChI=1S/C13H22N6O3Si.C7H8N6O3/c1-13(2,3)23(4,5)22-7-6-19-12(21)18-8-15-9(10(14)20)11(18)16-17-19;8-5(15)4-6-10-11-13(1-2-14)7(16)12(6)3-9-4/h8H,6-7H2,1-5H3,(H2,14,20);3,14H,1-2H2,(H2,8,15). The monoisotopic (exact) mass is 562 g/mol. The maximum Gasteiger partial charge on any atom is 0.353 e. The number of fused-ring (bicyclic) bond motifs is 2. The topological polar surface area (TPSA) is 246 Å². The quantitative estimate of drug-likeness (QED) is 0.193. The number of aliphatic hydroxyl groups is 1.